The fraction of sp³-hybridized carbons (Fsp3) is 0.381. The van der Waals surface area contributed by atoms with E-state index in [1.54, 1.807) is 13.2 Å². The van der Waals surface area contributed by atoms with Gasteiger partial charge < -0.3 is 14.8 Å². The van der Waals surface area contributed by atoms with Gasteiger partial charge in [-0.25, -0.2) is 0 Å². The van der Waals surface area contributed by atoms with Crippen LogP contribution in [0.15, 0.2) is 42.5 Å². The maximum atomic E-state index is 12.4. The average molecular weight is 354 g/mol. The molecule has 1 heterocycles. The van der Waals surface area contributed by atoms with Gasteiger partial charge in [-0.3, -0.25) is 9.69 Å². The van der Waals surface area contributed by atoms with E-state index in [0.29, 0.717) is 12.1 Å². The summed E-state index contributed by atoms with van der Waals surface area (Å²) in [6, 6.07) is 13.9. The van der Waals surface area contributed by atoms with Crippen molar-refractivity contribution in [1.29, 1.82) is 0 Å². The van der Waals surface area contributed by atoms with Crippen molar-refractivity contribution in [1.82, 2.24) is 10.2 Å². The summed E-state index contributed by atoms with van der Waals surface area (Å²) in [4.78, 5) is 14.8. The number of aryl methyl sites for hydroxylation is 1. The number of amides is 1. The molecule has 26 heavy (non-hydrogen) atoms. The molecular weight excluding hydrogens is 328 g/mol. The Balaban J connectivity index is 1.58. The van der Waals surface area contributed by atoms with Crippen LogP contribution in [0.4, 0.5) is 0 Å². The number of carbonyl (C=O) groups excluding carboxylic acids is 1. The topological polar surface area (TPSA) is 50.8 Å². The van der Waals surface area contributed by atoms with Crippen molar-refractivity contribution in [3.63, 3.8) is 0 Å². The van der Waals surface area contributed by atoms with E-state index in [4.69, 9.17) is 9.47 Å². The summed E-state index contributed by atoms with van der Waals surface area (Å²) in [5.41, 5.74) is 3.98. The fourth-order valence-electron chi connectivity index (χ4n) is 3.10. The summed E-state index contributed by atoms with van der Waals surface area (Å²) < 4.78 is 10.7. The number of hydrogen-bond donors (Lipinski definition) is 1. The summed E-state index contributed by atoms with van der Waals surface area (Å²) >= 11 is 0. The van der Waals surface area contributed by atoms with Crippen molar-refractivity contribution in [3.05, 3.63) is 64.7 Å². The molecule has 1 N–H and O–H groups in total. The van der Waals surface area contributed by atoms with Crippen LogP contribution in [0.5, 0.6) is 5.75 Å². The van der Waals surface area contributed by atoms with Gasteiger partial charge in [0.1, 0.15) is 5.75 Å². The molecular formula is C21H26N2O3. The lowest BCUT2D eigenvalue weighted by Gasteiger charge is -2.26. The highest BCUT2D eigenvalue weighted by atomic mass is 16.5. The summed E-state index contributed by atoms with van der Waals surface area (Å²) in [5, 5.41) is 2.99. The van der Waals surface area contributed by atoms with E-state index in [1.807, 2.05) is 31.2 Å². The Kier molecular flexibility index (Phi) is 6.26. The summed E-state index contributed by atoms with van der Waals surface area (Å²) in [7, 11) is 1.62. The molecule has 2 aromatic carbocycles. The second-order valence-electron chi connectivity index (χ2n) is 6.58. The normalized spacial score (nSPS) is 14.8. The molecule has 1 aliphatic rings. The van der Waals surface area contributed by atoms with E-state index >= 15 is 0 Å². The number of rotatable bonds is 6. The molecule has 0 bridgehead atoms. The van der Waals surface area contributed by atoms with Gasteiger partial charge in [0.25, 0.3) is 5.91 Å². The van der Waals surface area contributed by atoms with Gasteiger partial charge in [-0.2, -0.15) is 0 Å². The Morgan fingerprint density at radius 3 is 2.69 bits per heavy atom. The van der Waals surface area contributed by atoms with Crippen LogP contribution in [0.1, 0.15) is 27.0 Å². The van der Waals surface area contributed by atoms with Crippen molar-refractivity contribution in [2.75, 3.05) is 33.4 Å². The third kappa shape index (κ3) is 4.84. The van der Waals surface area contributed by atoms with Crippen LogP contribution >= 0.6 is 0 Å². The molecule has 1 saturated heterocycles. The molecule has 1 amide bonds. The predicted octanol–water partition coefficient (Wildman–Crippen LogP) is 2.77. The Hall–Kier alpha value is -2.37. The minimum atomic E-state index is -0.0955. The van der Waals surface area contributed by atoms with Crippen LogP contribution in [0, 0.1) is 6.92 Å². The highest BCUT2D eigenvalue weighted by Gasteiger charge is 2.11. The van der Waals surface area contributed by atoms with Crippen molar-refractivity contribution in [2.24, 2.45) is 0 Å². The molecule has 0 saturated carbocycles. The first-order chi connectivity index (χ1) is 12.7. The molecule has 0 aromatic heterocycles. The number of methoxy groups -OCH3 is 1. The van der Waals surface area contributed by atoms with Gasteiger partial charge in [0.2, 0.25) is 0 Å². The zero-order chi connectivity index (χ0) is 18.4. The molecule has 1 aliphatic heterocycles. The molecule has 5 heteroatoms. The number of ether oxygens (including phenoxy) is 2. The van der Waals surface area contributed by atoms with Gasteiger partial charge >= 0.3 is 0 Å². The first kappa shape index (κ1) is 18.4. The molecule has 3 rings (SSSR count). The second kappa shape index (κ2) is 8.83. The van der Waals surface area contributed by atoms with Crippen LogP contribution in [-0.4, -0.2) is 44.2 Å². The largest absolute Gasteiger partial charge is 0.496 e. The predicted molar refractivity (Wildman–Crippen MR) is 101 cm³/mol. The van der Waals surface area contributed by atoms with Gasteiger partial charge in [0.15, 0.2) is 0 Å². The highest BCUT2D eigenvalue weighted by Crippen LogP contribution is 2.19. The lowest BCUT2D eigenvalue weighted by molar-refractivity contribution is 0.0342. The number of nitrogens with one attached hydrogen (secondary N) is 1. The lowest BCUT2D eigenvalue weighted by atomic mass is 10.1. The van der Waals surface area contributed by atoms with E-state index in [0.717, 1.165) is 49.7 Å². The monoisotopic (exact) mass is 354 g/mol. The number of benzene rings is 2. The minimum absolute atomic E-state index is 0.0955. The standard InChI is InChI=1S/C21H26N2O3/c1-16-6-7-19(13-20(16)25-2)21(24)22-14-17-4-3-5-18(12-17)15-23-8-10-26-11-9-23/h3-7,12-13H,8-11,14-15H2,1-2H3,(H,22,24). The molecule has 5 nitrogen and oxygen atoms in total. The number of nitrogens with zero attached hydrogens (tertiary/aromatic N) is 1. The lowest BCUT2D eigenvalue weighted by Crippen LogP contribution is -2.35. The van der Waals surface area contributed by atoms with E-state index < -0.39 is 0 Å². The van der Waals surface area contributed by atoms with E-state index in [1.165, 1.54) is 5.56 Å². The van der Waals surface area contributed by atoms with E-state index in [9.17, 15) is 4.79 Å². The van der Waals surface area contributed by atoms with E-state index in [-0.39, 0.29) is 5.91 Å². The zero-order valence-corrected chi connectivity index (χ0v) is 15.5. The Bertz CT molecular complexity index is 755. The molecule has 0 unspecified atom stereocenters. The fourth-order valence-corrected chi connectivity index (χ4v) is 3.10. The molecule has 0 radical (unpaired) electrons. The van der Waals surface area contributed by atoms with Crippen LogP contribution in [0.2, 0.25) is 0 Å². The third-order valence-electron chi connectivity index (χ3n) is 4.62. The number of carbonyl (C=O) groups is 1. The number of morpholine rings is 1. The van der Waals surface area contributed by atoms with Crippen LogP contribution in [0.3, 0.4) is 0 Å². The first-order valence-corrected chi connectivity index (χ1v) is 8.96. The Morgan fingerprint density at radius 2 is 1.92 bits per heavy atom. The van der Waals surface area contributed by atoms with Crippen molar-refractivity contribution < 1.29 is 14.3 Å². The second-order valence-corrected chi connectivity index (χ2v) is 6.58. The van der Waals surface area contributed by atoms with Crippen LogP contribution in [0.25, 0.3) is 0 Å². The first-order valence-electron chi connectivity index (χ1n) is 8.96. The summed E-state index contributed by atoms with van der Waals surface area (Å²) in [5.74, 6) is 0.632. The van der Waals surface area contributed by atoms with Crippen molar-refractivity contribution in [3.8, 4) is 5.75 Å². The minimum Gasteiger partial charge on any atom is -0.496 e. The molecule has 0 aliphatic carbocycles. The quantitative estimate of drug-likeness (QED) is 0.867. The maximum absolute atomic E-state index is 12.4. The third-order valence-corrected chi connectivity index (χ3v) is 4.62. The highest BCUT2D eigenvalue weighted by molar-refractivity contribution is 5.94. The molecule has 138 valence electrons. The van der Waals surface area contributed by atoms with Crippen LogP contribution < -0.4 is 10.1 Å². The smallest absolute Gasteiger partial charge is 0.251 e. The van der Waals surface area contributed by atoms with Gasteiger partial charge in [-0.15, -0.1) is 0 Å². The van der Waals surface area contributed by atoms with Crippen molar-refractivity contribution in [2.45, 2.75) is 20.0 Å². The maximum Gasteiger partial charge on any atom is 0.251 e. The molecule has 2 aromatic rings. The van der Waals surface area contributed by atoms with E-state index in [2.05, 4.69) is 22.3 Å². The van der Waals surface area contributed by atoms with Crippen molar-refractivity contribution >= 4 is 5.91 Å². The summed E-state index contributed by atoms with van der Waals surface area (Å²) in [6.45, 7) is 6.92. The van der Waals surface area contributed by atoms with Gasteiger partial charge in [-0.05, 0) is 35.7 Å². The zero-order valence-electron chi connectivity index (χ0n) is 15.5. The van der Waals surface area contributed by atoms with Gasteiger partial charge in [0.05, 0.1) is 20.3 Å². The van der Waals surface area contributed by atoms with Gasteiger partial charge in [0, 0.05) is 31.7 Å². The van der Waals surface area contributed by atoms with Gasteiger partial charge in [-0.1, -0.05) is 30.3 Å². The Morgan fingerprint density at radius 1 is 1.15 bits per heavy atom. The van der Waals surface area contributed by atoms with Crippen LogP contribution in [-0.2, 0) is 17.8 Å². The molecule has 0 atom stereocenters. The molecule has 0 spiro atoms. The Labute approximate surface area is 154 Å². The average Bonchev–Trinajstić information content (AvgIpc) is 2.67. The molecule has 1 fully saturated rings. The number of hydrogen-bond acceptors (Lipinski definition) is 4. The SMILES string of the molecule is COc1cc(C(=O)NCc2cccc(CN3CCOCC3)c2)ccc1C. The summed E-state index contributed by atoms with van der Waals surface area (Å²) in [6.07, 6.45) is 0.